The lowest BCUT2D eigenvalue weighted by Gasteiger charge is -2.18. The van der Waals surface area contributed by atoms with Crippen LogP contribution in [0.3, 0.4) is 0 Å². The molecule has 0 bridgehead atoms. The molecule has 0 aromatic carbocycles. The highest BCUT2D eigenvalue weighted by Gasteiger charge is 2.15. The van der Waals surface area contributed by atoms with E-state index in [-0.39, 0.29) is 18.3 Å². The Morgan fingerprint density at radius 2 is 1.95 bits per heavy atom. The highest BCUT2D eigenvalue weighted by Crippen LogP contribution is 1.96. The van der Waals surface area contributed by atoms with Crippen molar-refractivity contribution < 1.29 is 9.59 Å². The van der Waals surface area contributed by atoms with Crippen LogP contribution in [-0.4, -0.2) is 51.5 Å². The average Bonchev–Trinajstić information content (AvgIpc) is 2.86. The number of aromatic nitrogens is 3. The third kappa shape index (κ3) is 4.35. The normalized spacial score (nSPS) is 10.3. The molecule has 2 amide bonds. The molecule has 7 heteroatoms. The first-order valence-corrected chi connectivity index (χ1v) is 6.59. The van der Waals surface area contributed by atoms with E-state index in [1.54, 1.807) is 4.90 Å². The van der Waals surface area contributed by atoms with E-state index in [9.17, 15) is 9.59 Å². The number of amides is 2. The molecule has 1 aromatic heterocycles. The zero-order valence-electron chi connectivity index (χ0n) is 11.7. The maximum Gasteiger partial charge on any atom is 0.291 e. The van der Waals surface area contributed by atoms with Gasteiger partial charge in [0.25, 0.3) is 5.91 Å². The van der Waals surface area contributed by atoms with Gasteiger partial charge in [0.15, 0.2) is 0 Å². The van der Waals surface area contributed by atoms with Crippen LogP contribution in [0.25, 0.3) is 0 Å². The molecule has 0 spiro atoms. The Morgan fingerprint density at radius 1 is 1.26 bits per heavy atom. The number of likely N-dealkylation sites (N-methyl/N-ethyl adjacent to an activating group) is 1. The van der Waals surface area contributed by atoms with Crippen molar-refractivity contribution in [2.24, 2.45) is 0 Å². The fraction of sp³-hybridized carbons (Fsp3) is 0.667. The standard InChI is InChI=1S/C12H21N5O2/c1-4-7-9-14-11(16-15-9)12(19)13-8-10(18)17(5-2)6-3/h4-8H2,1-3H3,(H,13,19)(H,14,15,16). The molecular weight excluding hydrogens is 246 g/mol. The van der Waals surface area contributed by atoms with Crippen molar-refractivity contribution in [2.75, 3.05) is 19.6 Å². The van der Waals surface area contributed by atoms with Crippen molar-refractivity contribution in [1.29, 1.82) is 0 Å². The zero-order valence-corrected chi connectivity index (χ0v) is 11.7. The van der Waals surface area contributed by atoms with Gasteiger partial charge >= 0.3 is 0 Å². The second-order valence-corrected chi connectivity index (χ2v) is 4.10. The van der Waals surface area contributed by atoms with Gasteiger partial charge in [0.1, 0.15) is 5.82 Å². The van der Waals surface area contributed by atoms with Gasteiger partial charge in [0, 0.05) is 19.5 Å². The SMILES string of the molecule is CCCc1nc(C(=O)NCC(=O)N(CC)CC)n[nH]1. The molecule has 0 unspecified atom stereocenters. The summed E-state index contributed by atoms with van der Waals surface area (Å²) in [7, 11) is 0. The summed E-state index contributed by atoms with van der Waals surface area (Å²) in [5.41, 5.74) is 0. The predicted octanol–water partition coefficient (Wildman–Crippen LogP) is 0.355. The molecule has 0 atom stereocenters. The number of hydrogen-bond donors (Lipinski definition) is 2. The van der Waals surface area contributed by atoms with E-state index < -0.39 is 5.91 Å². The third-order valence-corrected chi connectivity index (χ3v) is 2.74. The number of aromatic amines is 1. The highest BCUT2D eigenvalue weighted by atomic mass is 16.2. The smallest absolute Gasteiger partial charge is 0.291 e. The Hall–Kier alpha value is -1.92. The molecule has 0 fully saturated rings. The van der Waals surface area contributed by atoms with E-state index in [0.717, 1.165) is 12.8 Å². The number of carbonyl (C=O) groups excluding carboxylic acids is 2. The Morgan fingerprint density at radius 3 is 2.53 bits per heavy atom. The van der Waals surface area contributed by atoms with E-state index in [4.69, 9.17) is 0 Å². The lowest BCUT2D eigenvalue weighted by Crippen LogP contribution is -2.40. The maximum absolute atomic E-state index is 11.7. The van der Waals surface area contributed by atoms with Gasteiger partial charge in [-0.2, -0.15) is 0 Å². The topological polar surface area (TPSA) is 91.0 Å². The Balaban J connectivity index is 2.48. The summed E-state index contributed by atoms with van der Waals surface area (Å²) in [5.74, 6) is 0.222. The summed E-state index contributed by atoms with van der Waals surface area (Å²) >= 11 is 0. The molecule has 0 aliphatic carbocycles. The molecule has 0 aliphatic rings. The van der Waals surface area contributed by atoms with Crippen LogP contribution < -0.4 is 5.32 Å². The quantitative estimate of drug-likeness (QED) is 0.746. The highest BCUT2D eigenvalue weighted by molar-refractivity contribution is 5.93. The number of rotatable bonds is 7. The summed E-state index contributed by atoms with van der Waals surface area (Å²) in [4.78, 5) is 29.2. The molecule has 19 heavy (non-hydrogen) atoms. The van der Waals surface area contributed by atoms with Crippen LogP contribution in [0.15, 0.2) is 0 Å². The van der Waals surface area contributed by atoms with E-state index in [2.05, 4.69) is 20.5 Å². The number of carbonyl (C=O) groups is 2. The van der Waals surface area contributed by atoms with Gasteiger partial charge in [0.05, 0.1) is 6.54 Å². The summed E-state index contributed by atoms with van der Waals surface area (Å²) in [5, 5.41) is 9.06. The van der Waals surface area contributed by atoms with E-state index >= 15 is 0 Å². The van der Waals surface area contributed by atoms with Gasteiger partial charge in [0.2, 0.25) is 11.7 Å². The van der Waals surface area contributed by atoms with Crippen molar-refractivity contribution in [1.82, 2.24) is 25.4 Å². The van der Waals surface area contributed by atoms with Crippen LogP contribution in [0.5, 0.6) is 0 Å². The lowest BCUT2D eigenvalue weighted by atomic mass is 10.3. The van der Waals surface area contributed by atoms with Gasteiger partial charge in [-0.25, -0.2) is 4.98 Å². The van der Waals surface area contributed by atoms with E-state index in [1.807, 2.05) is 20.8 Å². The number of hydrogen-bond acceptors (Lipinski definition) is 4. The van der Waals surface area contributed by atoms with Gasteiger partial charge in [-0.15, -0.1) is 5.10 Å². The summed E-state index contributed by atoms with van der Waals surface area (Å²) in [6.07, 6.45) is 1.68. The Labute approximate surface area is 112 Å². The summed E-state index contributed by atoms with van der Waals surface area (Å²) in [6.45, 7) is 7.05. The van der Waals surface area contributed by atoms with Gasteiger partial charge in [-0.05, 0) is 20.3 Å². The third-order valence-electron chi connectivity index (χ3n) is 2.74. The number of nitrogens with one attached hydrogen (secondary N) is 2. The average molecular weight is 267 g/mol. The van der Waals surface area contributed by atoms with Crippen LogP contribution >= 0.6 is 0 Å². The van der Waals surface area contributed by atoms with Gasteiger partial charge in [-0.1, -0.05) is 6.92 Å². The van der Waals surface area contributed by atoms with Crippen molar-refractivity contribution in [3.05, 3.63) is 11.6 Å². The first-order chi connectivity index (χ1) is 9.12. The molecule has 0 radical (unpaired) electrons. The van der Waals surface area contributed by atoms with E-state index in [1.165, 1.54) is 0 Å². The van der Waals surface area contributed by atoms with Gasteiger partial charge < -0.3 is 10.2 Å². The molecule has 1 rings (SSSR count). The predicted molar refractivity (Wildman–Crippen MR) is 70.6 cm³/mol. The van der Waals surface area contributed by atoms with E-state index in [0.29, 0.717) is 18.9 Å². The first kappa shape index (κ1) is 15.1. The second kappa shape index (κ2) is 7.50. The van der Waals surface area contributed by atoms with Crippen LogP contribution in [0.2, 0.25) is 0 Å². The van der Waals surface area contributed by atoms with Gasteiger partial charge in [-0.3, -0.25) is 14.7 Å². The summed E-state index contributed by atoms with van der Waals surface area (Å²) in [6, 6.07) is 0. The second-order valence-electron chi connectivity index (χ2n) is 4.10. The van der Waals surface area contributed by atoms with Crippen molar-refractivity contribution in [3.63, 3.8) is 0 Å². The Bertz CT molecular complexity index is 426. The lowest BCUT2D eigenvalue weighted by molar-refractivity contribution is -0.129. The zero-order chi connectivity index (χ0) is 14.3. The molecule has 1 aromatic rings. The molecule has 2 N–H and O–H groups in total. The van der Waals surface area contributed by atoms with Crippen LogP contribution in [0.1, 0.15) is 43.6 Å². The molecule has 0 aliphatic heterocycles. The summed E-state index contributed by atoms with van der Waals surface area (Å²) < 4.78 is 0. The molecule has 7 nitrogen and oxygen atoms in total. The van der Waals surface area contributed by atoms with Crippen molar-refractivity contribution >= 4 is 11.8 Å². The van der Waals surface area contributed by atoms with Crippen LogP contribution in [0, 0.1) is 0 Å². The number of aryl methyl sites for hydroxylation is 1. The van der Waals surface area contributed by atoms with Crippen LogP contribution in [0.4, 0.5) is 0 Å². The fourth-order valence-electron chi connectivity index (χ4n) is 1.67. The van der Waals surface area contributed by atoms with Crippen molar-refractivity contribution in [2.45, 2.75) is 33.6 Å². The number of H-pyrrole nitrogens is 1. The minimum Gasteiger partial charge on any atom is -0.342 e. The van der Waals surface area contributed by atoms with Crippen LogP contribution in [-0.2, 0) is 11.2 Å². The number of nitrogens with zero attached hydrogens (tertiary/aromatic N) is 3. The minimum atomic E-state index is -0.431. The Kier molecular flexibility index (Phi) is 5.98. The van der Waals surface area contributed by atoms with Crippen molar-refractivity contribution in [3.8, 4) is 0 Å². The maximum atomic E-state index is 11.7. The molecule has 1 heterocycles. The molecule has 0 saturated carbocycles. The monoisotopic (exact) mass is 267 g/mol. The molecular formula is C12H21N5O2. The fourth-order valence-corrected chi connectivity index (χ4v) is 1.67. The first-order valence-electron chi connectivity index (χ1n) is 6.59. The molecule has 0 saturated heterocycles. The minimum absolute atomic E-state index is 0.0296. The molecule has 106 valence electrons. The largest absolute Gasteiger partial charge is 0.342 e.